The van der Waals surface area contributed by atoms with E-state index in [0.717, 1.165) is 10.7 Å². The standard InChI is InChI=1S/C13H17NO4S/c1-9-11(4-7-18-9)19-8-12(15)14-5-2-10(3-6-14)13(16)17/h4,7,10H,2-3,5-6,8H2,1H3,(H,16,17). The van der Waals surface area contributed by atoms with Gasteiger partial charge < -0.3 is 14.4 Å². The number of nitrogens with zero attached hydrogens (tertiary/aromatic N) is 1. The molecular formula is C13H17NO4S. The molecule has 0 saturated carbocycles. The number of aryl methyl sites for hydroxylation is 1. The predicted octanol–water partition coefficient (Wildman–Crippen LogP) is 2.00. The predicted molar refractivity (Wildman–Crippen MR) is 71.1 cm³/mol. The highest BCUT2D eigenvalue weighted by molar-refractivity contribution is 8.00. The number of thioether (sulfide) groups is 1. The Labute approximate surface area is 116 Å². The van der Waals surface area contributed by atoms with Crippen molar-refractivity contribution in [3.8, 4) is 0 Å². The van der Waals surface area contributed by atoms with Gasteiger partial charge in [-0.25, -0.2) is 0 Å². The SMILES string of the molecule is Cc1occc1SCC(=O)N1CCC(C(=O)O)CC1. The molecule has 1 aromatic rings. The van der Waals surface area contributed by atoms with Crippen molar-refractivity contribution >= 4 is 23.6 Å². The molecule has 0 unspecified atom stereocenters. The molecule has 1 amide bonds. The van der Waals surface area contributed by atoms with Gasteiger partial charge in [-0.15, -0.1) is 11.8 Å². The summed E-state index contributed by atoms with van der Waals surface area (Å²) in [6.07, 6.45) is 2.72. The summed E-state index contributed by atoms with van der Waals surface area (Å²) in [4.78, 5) is 25.6. The molecule has 0 atom stereocenters. The molecule has 1 aliphatic rings. The number of carbonyl (C=O) groups is 2. The van der Waals surface area contributed by atoms with Crippen molar-refractivity contribution in [2.45, 2.75) is 24.7 Å². The van der Waals surface area contributed by atoms with Gasteiger partial charge in [0.2, 0.25) is 5.91 Å². The number of furan rings is 1. The Morgan fingerprint density at radius 1 is 1.47 bits per heavy atom. The lowest BCUT2D eigenvalue weighted by Gasteiger charge is -2.30. The number of hydrogen-bond acceptors (Lipinski definition) is 4. The fourth-order valence-electron chi connectivity index (χ4n) is 2.13. The van der Waals surface area contributed by atoms with Crippen molar-refractivity contribution in [1.82, 2.24) is 4.90 Å². The van der Waals surface area contributed by atoms with Gasteiger partial charge >= 0.3 is 5.97 Å². The molecule has 1 fully saturated rings. The number of carbonyl (C=O) groups excluding carboxylic acids is 1. The molecule has 0 aromatic carbocycles. The number of aliphatic carboxylic acids is 1. The topological polar surface area (TPSA) is 70.8 Å². The van der Waals surface area contributed by atoms with Crippen LogP contribution in [0.1, 0.15) is 18.6 Å². The summed E-state index contributed by atoms with van der Waals surface area (Å²) in [6, 6.07) is 1.85. The van der Waals surface area contributed by atoms with E-state index in [1.54, 1.807) is 11.2 Å². The zero-order valence-corrected chi connectivity index (χ0v) is 11.6. The number of rotatable bonds is 4. The van der Waals surface area contributed by atoms with Crippen molar-refractivity contribution in [1.29, 1.82) is 0 Å². The van der Waals surface area contributed by atoms with Gasteiger partial charge in [0.15, 0.2) is 0 Å². The van der Waals surface area contributed by atoms with E-state index < -0.39 is 5.97 Å². The zero-order chi connectivity index (χ0) is 13.8. The lowest BCUT2D eigenvalue weighted by atomic mass is 9.97. The Bertz CT molecular complexity index is 463. The highest BCUT2D eigenvalue weighted by Gasteiger charge is 2.26. The summed E-state index contributed by atoms with van der Waals surface area (Å²) in [6.45, 7) is 2.95. The third kappa shape index (κ3) is 3.53. The van der Waals surface area contributed by atoms with Gasteiger partial charge in [-0.2, -0.15) is 0 Å². The van der Waals surface area contributed by atoms with Crippen LogP contribution in [0.5, 0.6) is 0 Å². The van der Waals surface area contributed by atoms with Gasteiger partial charge in [-0.05, 0) is 25.8 Å². The van der Waals surface area contributed by atoms with Crippen LogP contribution in [0.4, 0.5) is 0 Å². The minimum Gasteiger partial charge on any atom is -0.481 e. The number of hydrogen-bond donors (Lipinski definition) is 1. The third-order valence-corrected chi connectivity index (χ3v) is 4.49. The molecule has 0 bridgehead atoms. The first kappa shape index (κ1) is 14.0. The monoisotopic (exact) mass is 283 g/mol. The van der Waals surface area contributed by atoms with E-state index in [0.29, 0.717) is 31.7 Å². The van der Waals surface area contributed by atoms with E-state index in [1.165, 1.54) is 11.8 Å². The van der Waals surface area contributed by atoms with Crippen LogP contribution in [0, 0.1) is 12.8 Å². The molecule has 104 valence electrons. The molecule has 2 rings (SSSR count). The van der Waals surface area contributed by atoms with Crippen LogP contribution in [0.2, 0.25) is 0 Å². The van der Waals surface area contributed by atoms with Gasteiger partial charge in [0, 0.05) is 18.0 Å². The van der Waals surface area contributed by atoms with Gasteiger partial charge in [0.05, 0.1) is 17.9 Å². The van der Waals surface area contributed by atoms with Crippen LogP contribution in [0.25, 0.3) is 0 Å². The van der Waals surface area contributed by atoms with Crippen LogP contribution < -0.4 is 0 Å². The Hall–Kier alpha value is -1.43. The quantitative estimate of drug-likeness (QED) is 0.856. The number of amides is 1. The molecule has 0 spiro atoms. The maximum Gasteiger partial charge on any atom is 0.306 e. The second-order valence-corrected chi connectivity index (χ2v) is 5.64. The number of likely N-dealkylation sites (tertiary alicyclic amines) is 1. The Morgan fingerprint density at radius 2 is 2.16 bits per heavy atom. The van der Waals surface area contributed by atoms with Gasteiger partial charge in [0.1, 0.15) is 5.76 Å². The first-order valence-corrected chi connectivity index (χ1v) is 7.24. The molecule has 1 aliphatic heterocycles. The fraction of sp³-hybridized carbons (Fsp3) is 0.538. The number of carboxylic acid groups (broad SMARTS) is 1. The molecule has 1 N–H and O–H groups in total. The summed E-state index contributed by atoms with van der Waals surface area (Å²) >= 11 is 1.46. The van der Waals surface area contributed by atoms with E-state index in [2.05, 4.69) is 0 Å². The van der Waals surface area contributed by atoms with Gasteiger partial charge in [0.25, 0.3) is 0 Å². The second-order valence-electron chi connectivity index (χ2n) is 4.62. The van der Waals surface area contributed by atoms with E-state index in [4.69, 9.17) is 9.52 Å². The summed E-state index contributed by atoms with van der Waals surface area (Å²) in [5.74, 6) is 0.207. The van der Waals surface area contributed by atoms with Crippen molar-refractivity contribution in [2.24, 2.45) is 5.92 Å². The maximum atomic E-state index is 12.0. The molecular weight excluding hydrogens is 266 g/mol. The van der Waals surface area contributed by atoms with Crippen molar-refractivity contribution < 1.29 is 19.1 Å². The molecule has 0 aliphatic carbocycles. The average molecular weight is 283 g/mol. The van der Waals surface area contributed by atoms with Crippen molar-refractivity contribution in [3.05, 3.63) is 18.1 Å². The van der Waals surface area contributed by atoms with Gasteiger partial charge in [-0.3, -0.25) is 9.59 Å². The van der Waals surface area contributed by atoms with Crippen molar-refractivity contribution in [2.75, 3.05) is 18.8 Å². The van der Waals surface area contributed by atoms with Crippen LogP contribution in [-0.2, 0) is 9.59 Å². The molecule has 19 heavy (non-hydrogen) atoms. The van der Waals surface area contributed by atoms with Crippen molar-refractivity contribution in [3.63, 3.8) is 0 Å². The first-order chi connectivity index (χ1) is 9.08. The Kier molecular flexibility index (Phi) is 4.52. The second kappa shape index (κ2) is 6.14. The number of carboxylic acids is 1. The van der Waals surface area contributed by atoms with E-state index >= 15 is 0 Å². The minimum atomic E-state index is -0.754. The molecule has 1 aromatic heterocycles. The van der Waals surface area contributed by atoms with E-state index in [1.807, 2.05) is 13.0 Å². The molecule has 0 radical (unpaired) electrons. The lowest BCUT2D eigenvalue weighted by Crippen LogP contribution is -2.41. The zero-order valence-electron chi connectivity index (χ0n) is 10.8. The lowest BCUT2D eigenvalue weighted by molar-refractivity contribution is -0.145. The molecule has 5 nitrogen and oxygen atoms in total. The highest BCUT2D eigenvalue weighted by atomic mass is 32.2. The van der Waals surface area contributed by atoms with Gasteiger partial charge in [-0.1, -0.05) is 0 Å². The summed E-state index contributed by atoms with van der Waals surface area (Å²) < 4.78 is 5.17. The van der Waals surface area contributed by atoms with Crippen LogP contribution in [-0.4, -0.2) is 40.7 Å². The molecule has 2 heterocycles. The summed E-state index contributed by atoms with van der Waals surface area (Å²) in [7, 11) is 0. The maximum absolute atomic E-state index is 12.0. The van der Waals surface area contributed by atoms with E-state index in [-0.39, 0.29) is 11.8 Å². The fourth-order valence-corrected chi connectivity index (χ4v) is 2.99. The summed E-state index contributed by atoms with van der Waals surface area (Å²) in [5, 5.41) is 8.90. The highest BCUT2D eigenvalue weighted by Crippen LogP contribution is 2.24. The molecule has 6 heteroatoms. The third-order valence-electron chi connectivity index (χ3n) is 3.36. The Morgan fingerprint density at radius 3 is 2.68 bits per heavy atom. The van der Waals surface area contributed by atoms with Crippen LogP contribution in [0.3, 0.4) is 0 Å². The van der Waals surface area contributed by atoms with E-state index in [9.17, 15) is 9.59 Å². The average Bonchev–Trinajstić information content (AvgIpc) is 2.81. The van der Waals surface area contributed by atoms with Crippen LogP contribution in [0.15, 0.2) is 21.6 Å². The smallest absolute Gasteiger partial charge is 0.306 e. The normalized spacial score (nSPS) is 16.6. The Balaban J connectivity index is 1.79. The van der Waals surface area contributed by atoms with Crippen LogP contribution >= 0.6 is 11.8 Å². The number of piperidine rings is 1. The largest absolute Gasteiger partial charge is 0.481 e. The summed E-state index contributed by atoms with van der Waals surface area (Å²) in [5.41, 5.74) is 0. The first-order valence-electron chi connectivity index (χ1n) is 6.25. The molecule has 1 saturated heterocycles. The minimum absolute atomic E-state index is 0.0643.